The van der Waals surface area contributed by atoms with Gasteiger partial charge in [-0.2, -0.15) is 0 Å². The molecule has 3 aromatic heterocycles. The van der Waals surface area contributed by atoms with E-state index in [2.05, 4.69) is 14.9 Å². The summed E-state index contributed by atoms with van der Waals surface area (Å²) in [5, 5.41) is 8.52. The molecule has 3 heterocycles. The zero-order valence-corrected chi connectivity index (χ0v) is 14.0. The molecular weight excluding hydrogens is 338 g/mol. The first-order valence-corrected chi connectivity index (χ1v) is 8.86. The van der Waals surface area contributed by atoms with Gasteiger partial charge in [0.25, 0.3) is 5.91 Å². The Morgan fingerprint density at radius 1 is 1.23 bits per heavy atom. The summed E-state index contributed by atoms with van der Waals surface area (Å²) in [6.07, 6.45) is 0. The number of carbonyl (C=O) groups excluding carboxylic acids is 2. The molecular formula is C14H11N3O2S3. The largest absolute Gasteiger partial charge is 0.346 e. The van der Waals surface area contributed by atoms with Crippen molar-refractivity contribution in [2.75, 3.05) is 0 Å². The fraction of sp³-hybridized carbons (Fsp3) is 0.143. The molecule has 0 spiro atoms. The number of nitrogens with one attached hydrogen (secondary N) is 1. The predicted molar refractivity (Wildman–Crippen MR) is 87.9 cm³/mol. The molecule has 8 heteroatoms. The van der Waals surface area contributed by atoms with E-state index in [0.29, 0.717) is 22.0 Å². The number of rotatable bonds is 5. The fourth-order valence-electron chi connectivity index (χ4n) is 1.81. The Balaban J connectivity index is 1.64. The number of amides is 1. The van der Waals surface area contributed by atoms with Gasteiger partial charge in [0.15, 0.2) is 0 Å². The lowest BCUT2D eigenvalue weighted by molar-refractivity contribution is 0.0954. The molecule has 0 unspecified atom stereocenters. The standard InChI is InChI=1S/C14H11N3O2S3/c1-8-13(22-17-16-8)14(19)15-7-9-4-5-11(21-9)12(18)10-3-2-6-20-10/h2-6H,7H2,1H3,(H,15,19). The maximum Gasteiger partial charge on any atom is 0.265 e. The highest BCUT2D eigenvalue weighted by molar-refractivity contribution is 7.16. The quantitative estimate of drug-likeness (QED) is 0.718. The second kappa shape index (κ2) is 6.47. The molecule has 1 N–H and O–H groups in total. The Bertz CT molecular complexity index is 805. The van der Waals surface area contributed by atoms with Gasteiger partial charge in [0.2, 0.25) is 5.78 Å². The van der Waals surface area contributed by atoms with Gasteiger partial charge in [-0.1, -0.05) is 10.6 Å². The van der Waals surface area contributed by atoms with Gasteiger partial charge in [-0.05, 0) is 42.0 Å². The average Bonchev–Trinajstić information content (AvgIpc) is 3.25. The SMILES string of the molecule is Cc1nnsc1C(=O)NCc1ccc(C(=O)c2cccs2)s1. The molecule has 0 aromatic carbocycles. The topological polar surface area (TPSA) is 72.0 Å². The van der Waals surface area contributed by atoms with Crippen LogP contribution in [0.25, 0.3) is 0 Å². The van der Waals surface area contributed by atoms with Gasteiger partial charge in [0.1, 0.15) is 4.88 Å². The van der Waals surface area contributed by atoms with Crippen LogP contribution in [0.2, 0.25) is 0 Å². The van der Waals surface area contributed by atoms with Crippen molar-refractivity contribution in [3.8, 4) is 0 Å². The highest BCUT2D eigenvalue weighted by Gasteiger charge is 2.15. The van der Waals surface area contributed by atoms with Gasteiger partial charge in [-0.25, -0.2) is 0 Å². The third-order valence-electron chi connectivity index (χ3n) is 2.91. The number of aryl methyl sites for hydroxylation is 1. The van der Waals surface area contributed by atoms with Crippen LogP contribution in [0.15, 0.2) is 29.6 Å². The zero-order chi connectivity index (χ0) is 15.5. The van der Waals surface area contributed by atoms with E-state index in [9.17, 15) is 9.59 Å². The fourth-order valence-corrected chi connectivity index (χ4v) is 4.03. The monoisotopic (exact) mass is 349 g/mol. The van der Waals surface area contributed by atoms with Crippen molar-refractivity contribution in [1.29, 1.82) is 0 Å². The average molecular weight is 349 g/mol. The minimum atomic E-state index is -0.188. The molecule has 0 saturated heterocycles. The lowest BCUT2D eigenvalue weighted by Gasteiger charge is -2.01. The van der Waals surface area contributed by atoms with Gasteiger partial charge in [0.05, 0.1) is 22.0 Å². The van der Waals surface area contributed by atoms with E-state index < -0.39 is 0 Å². The van der Waals surface area contributed by atoms with E-state index in [1.54, 1.807) is 13.0 Å². The van der Waals surface area contributed by atoms with E-state index in [4.69, 9.17) is 0 Å². The number of hydrogen-bond acceptors (Lipinski definition) is 7. The van der Waals surface area contributed by atoms with Crippen LogP contribution in [0.5, 0.6) is 0 Å². The van der Waals surface area contributed by atoms with Crippen molar-refractivity contribution in [1.82, 2.24) is 14.9 Å². The molecule has 0 aliphatic heterocycles. The molecule has 0 bridgehead atoms. The molecule has 112 valence electrons. The molecule has 1 amide bonds. The third kappa shape index (κ3) is 3.13. The smallest absolute Gasteiger partial charge is 0.265 e. The molecule has 0 fully saturated rings. The third-order valence-corrected chi connectivity index (χ3v) is 5.69. The zero-order valence-electron chi connectivity index (χ0n) is 11.5. The highest BCUT2D eigenvalue weighted by atomic mass is 32.1. The molecule has 3 aromatic rings. The van der Waals surface area contributed by atoms with E-state index in [1.807, 2.05) is 23.6 Å². The first-order chi connectivity index (χ1) is 10.6. The Hall–Kier alpha value is -1.90. The molecule has 22 heavy (non-hydrogen) atoms. The number of hydrogen-bond donors (Lipinski definition) is 1. The number of carbonyl (C=O) groups is 2. The summed E-state index contributed by atoms with van der Waals surface area (Å²) in [6.45, 7) is 2.14. The molecule has 5 nitrogen and oxygen atoms in total. The number of thiophene rings is 2. The van der Waals surface area contributed by atoms with Crippen molar-refractivity contribution in [2.24, 2.45) is 0 Å². The summed E-state index contributed by atoms with van der Waals surface area (Å²) < 4.78 is 3.74. The van der Waals surface area contributed by atoms with Gasteiger partial charge in [-0.15, -0.1) is 27.8 Å². The van der Waals surface area contributed by atoms with E-state index >= 15 is 0 Å². The highest BCUT2D eigenvalue weighted by Crippen LogP contribution is 2.22. The van der Waals surface area contributed by atoms with Crippen LogP contribution in [-0.4, -0.2) is 21.3 Å². The minimum absolute atomic E-state index is 0.0278. The first kappa shape index (κ1) is 15.0. The van der Waals surface area contributed by atoms with Crippen LogP contribution in [0.4, 0.5) is 0 Å². The Kier molecular flexibility index (Phi) is 4.41. The van der Waals surface area contributed by atoms with E-state index in [1.165, 1.54) is 22.7 Å². The van der Waals surface area contributed by atoms with Crippen molar-refractivity contribution in [2.45, 2.75) is 13.5 Å². The molecule has 0 aliphatic carbocycles. The minimum Gasteiger partial charge on any atom is -0.346 e. The van der Waals surface area contributed by atoms with Crippen molar-refractivity contribution in [3.05, 3.63) is 54.8 Å². The summed E-state index contributed by atoms with van der Waals surface area (Å²) >= 11 is 3.90. The van der Waals surface area contributed by atoms with Gasteiger partial charge in [0, 0.05) is 4.88 Å². The Morgan fingerprint density at radius 2 is 2.09 bits per heavy atom. The van der Waals surface area contributed by atoms with Crippen LogP contribution in [0, 0.1) is 6.92 Å². The van der Waals surface area contributed by atoms with Crippen LogP contribution in [-0.2, 0) is 6.54 Å². The maximum atomic E-state index is 12.2. The lowest BCUT2D eigenvalue weighted by atomic mass is 10.3. The molecule has 0 atom stereocenters. The summed E-state index contributed by atoms with van der Waals surface area (Å²) in [7, 11) is 0. The molecule has 0 saturated carbocycles. The Labute approximate surface area is 138 Å². The predicted octanol–water partition coefficient (Wildman–Crippen LogP) is 3.13. The Morgan fingerprint density at radius 3 is 2.77 bits per heavy atom. The van der Waals surface area contributed by atoms with Crippen molar-refractivity contribution >= 4 is 45.9 Å². The summed E-state index contributed by atoms with van der Waals surface area (Å²) in [6, 6.07) is 7.34. The summed E-state index contributed by atoms with van der Waals surface area (Å²) in [5.74, 6) is -0.160. The van der Waals surface area contributed by atoms with Crippen molar-refractivity contribution < 1.29 is 9.59 Å². The normalized spacial score (nSPS) is 10.6. The number of ketones is 1. The van der Waals surface area contributed by atoms with Crippen LogP contribution in [0.3, 0.4) is 0 Å². The molecule has 3 rings (SSSR count). The van der Waals surface area contributed by atoms with Gasteiger partial charge >= 0.3 is 0 Å². The van der Waals surface area contributed by atoms with E-state index in [0.717, 1.165) is 21.3 Å². The van der Waals surface area contributed by atoms with Crippen LogP contribution in [0.1, 0.15) is 34.8 Å². The number of aromatic nitrogens is 2. The van der Waals surface area contributed by atoms with Gasteiger partial charge < -0.3 is 5.32 Å². The van der Waals surface area contributed by atoms with Crippen LogP contribution >= 0.6 is 34.2 Å². The van der Waals surface area contributed by atoms with Crippen molar-refractivity contribution in [3.63, 3.8) is 0 Å². The van der Waals surface area contributed by atoms with E-state index in [-0.39, 0.29) is 11.7 Å². The summed E-state index contributed by atoms with van der Waals surface area (Å²) in [4.78, 5) is 27.1. The second-order valence-corrected chi connectivity index (χ2v) is 7.31. The van der Waals surface area contributed by atoms with Crippen LogP contribution < -0.4 is 5.32 Å². The first-order valence-electron chi connectivity index (χ1n) is 6.39. The molecule has 0 radical (unpaired) electrons. The lowest BCUT2D eigenvalue weighted by Crippen LogP contribution is -2.22. The maximum absolute atomic E-state index is 12.2. The molecule has 0 aliphatic rings. The summed E-state index contributed by atoms with van der Waals surface area (Å²) in [5.41, 5.74) is 0.627. The number of nitrogens with zero attached hydrogens (tertiary/aromatic N) is 2. The van der Waals surface area contributed by atoms with Gasteiger partial charge in [-0.3, -0.25) is 9.59 Å². The second-order valence-electron chi connectivity index (χ2n) is 4.44.